The van der Waals surface area contributed by atoms with Crippen LogP contribution in [-0.2, 0) is 27.9 Å². The molecule has 0 heterocycles. The molecule has 0 atom stereocenters. The lowest BCUT2D eigenvalue weighted by molar-refractivity contribution is -0.872. The predicted octanol–water partition coefficient (Wildman–Crippen LogP) is 0.624. The number of carbonyl (C=O) groups excluding carboxylic acids is 1. The summed E-state index contributed by atoms with van der Waals surface area (Å²) in [5, 5.41) is 2.81. The van der Waals surface area contributed by atoms with Crippen LogP contribution in [0.15, 0.2) is 53.4 Å². The standard InChI is InChI=1S/C20H27N3O3S/c1-16-4-10-19(11-5-16)27(25,26)22-13-12-20(24)21-14-17-6-8-18(9-7-17)15-23(2)3/h4-11,22H,12-15H2,1-3H3,(H,21,24)/p+1. The van der Waals surface area contributed by atoms with Gasteiger partial charge in [0, 0.05) is 25.1 Å². The molecule has 146 valence electrons. The maximum atomic E-state index is 12.2. The summed E-state index contributed by atoms with van der Waals surface area (Å²) in [6, 6.07) is 14.7. The number of nitrogens with one attached hydrogen (secondary N) is 3. The van der Waals surface area contributed by atoms with Gasteiger partial charge in [-0.1, -0.05) is 42.0 Å². The molecule has 6 nitrogen and oxygen atoms in total. The van der Waals surface area contributed by atoms with Gasteiger partial charge in [0.1, 0.15) is 6.54 Å². The Morgan fingerprint density at radius 3 is 2.15 bits per heavy atom. The van der Waals surface area contributed by atoms with Gasteiger partial charge >= 0.3 is 0 Å². The maximum Gasteiger partial charge on any atom is 0.240 e. The van der Waals surface area contributed by atoms with Crippen LogP contribution < -0.4 is 14.9 Å². The van der Waals surface area contributed by atoms with Crippen LogP contribution in [0.4, 0.5) is 0 Å². The first-order valence-corrected chi connectivity index (χ1v) is 10.4. The molecule has 0 bridgehead atoms. The van der Waals surface area contributed by atoms with Crippen LogP contribution in [0.2, 0.25) is 0 Å². The van der Waals surface area contributed by atoms with Crippen molar-refractivity contribution in [1.82, 2.24) is 10.0 Å². The smallest absolute Gasteiger partial charge is 0.240 e. The third-order valence-electron chi connectivity index (χ3n) is 4.05. The second-order valence-electron chi connectivity index (χ2n) is 6.94. The van der Waals surface area contributed by atoms with Gasteiger partial charge in [-0.15, -0.1) is 0 Å². The SMILES string of the molecule is Cc1ccc(S(=O)(=O)NCCC(=O)NCc2ccc(C[NH+](C)C)cc2)cc1. The summed E-state index contributed by atoms with van der Waals surface area (Å²) in [7, 11) is 0.610. The molecule has 2 rings (SSSR count). The minimum absolute atomic E-state index is 0.0621. The largest absolute Gasteiger partial charge is 0.352 e. The molecule has 0 radical (unpaired) electrons. The van der Waals surface area contributed by atoms with Crippen LogP contribution in [0, 0.1) is 6.92 Å². The number of aryl methyl sites for hydroxylation is 1. The zero-order valence-electron chi connectivity index (χ0n) is 16.1. The van der Waals surface area contributed by atoms with Crippen LogP contribution in [0.3, 0.4) is 0 Å². The van der Waals surface area contributed by atoms with Crippen molar-refractivity contribution in [3.8, 4) is 0 Å². The van der Waals surface area contributed by atoms with Crippen molar-refractivity contribution in [1.29, 1.82) is 0 Å². The topological polar surface area (TPSA) is 79.7 Å². The van der Waals surface area contributed by atoms with Crippen LogP contribution in [0.25, 0.3) is 0 Å². The first-order valence-electron chi connectivity index (χ1n) is 8.96. The van der Waals surface area contributed by atoms with Crippen molar-refractivity contribution in [2.75, 3.05) is 20.6 Å². The average molecular weight is 391 g/mol. The van der Waals surface area contributed by atoms with Gasteiger partial charge in [0.15, 0.2) is 0 Å². The number of benzene rings is 2. The molecule has 0 aromatic heterocycles. The molecule has 0 aliphatic carbocycles. The molecular formula is C20H28N3O3S+. The summed E-state index contributed by atoms with van der Waals surface area (Å²) in [5.74, 6) is -0.191. The Morgan fingerprint density at radius 2 is 1.56 bits per heavy atom. The molecule has 0 saturated heterocycles. The van der Waals surface area contributed by atoms with E-state index in [1.165, 1.54) is 10.5 Å². The lowest BCUT2D eigenvalue weighted by Gasteiger charge is -2.09. The van der Waals surface area contributed by atoms with Crippen molar-refractivity contribution < 1.29 is 18.1 Å². The number of carbonyl (C=O) groups is 1. The van der Waals surface area contributed by atoms with Crippen molar-refractivity contribution in [2.24, 2.45) is 0 Å². The minimum Gasteiger partial charge on any atom is -0.352 e. The summed E-state index contributed by atoms with van der Waals surface area (Å²) < 4.78 is 26.8. The Hall–Kier alpha value is -2.22. The predicted molar refractivity (Wildman–Crippen MR) is 106 cm³/mol. The van der Waals surface area contributed by atoms with Crippen molar-refractivity contribution in [3.63, 3.8) is 0 Å². The van der Waals surface area contributed by atoms with E-state index in [0.717, 1.165) is 17.7 Å². The third kappa shape index (κ3) is 7.13. The van der Waals surface area contributed by atoms with Gasteiger partial charge in [0.2, 0.25) is 15.9 Å². The van der Waals surface area contributed by atoms with Crippen LogP contribution in [-0.4, -0.2) is 35.0 Å². The second-order valence-corrected chi connectivity index (χ2v) is 8.70. The number of amides is 1. The van der Waals surface area contributed by atoms with Crippen molar-refractivity contribution in [2.45, 2.75) is 31.3 Å². The summed E-state index contributed by atoms with van der Waals surface area (Å²) >= 11 is 0. The lowest BCUT2D eigenvalue weighted by atomic mass is 10.1. The number of rotatable bonds is 9. The van der Waals surface area contributed by atoms with Crippen LogP contribution >= 0.6 is 0 Å². The highest BCUT2D eigenvalue weighted by Gasteiger charge is 2.13. The van der Waals surface area contributed by atoms with Gasteiger partial charge in [-0.3, -0.25) is 4.79 Å². The molecule has 1 amide bonds. The van der Waals surface area contributed by atoms with E-state index in [-0.39, 0.29) is 23.8 Å². The molecular weight excluding hydrogens is 362 g/mol. The highest BCUT2D eigenvalue weighted by atomic mass is 32.2. The first-order chi connectivity index (χ1) is 12.8. The van der Waals surface area contributed by atoms with Gasteiger partial charge in [-0.25, -0.2) is 13.1 Å². The molecule has 27 heavy (non-hydrogen) atoms. The van der Waals surface area contributed by atoms with Gasteiger partial charge < -0.3 is 10.2 Å². The average Bonchev–Trinajstić information content (AvgIpc) is 2.61. The normalized spacial score (nSPS) is 11.6. The highest BCUT2D eigenvalue weighted by Crippen LogP contribution is 2.09. The Kier molecular flexibility index (Phi) is 7.53. The number of quaternary nitrogens is 1. The van der Waals surface area contributed by atoms with E-state index in [2.05, 4.69) is 36.3 Å². The van der Waals surface area contributed by atoms with E-state index >= 15 is 0 Å². The summed E-state index contributed by atoms with van der Waals surface area (Å²) in [6.45, 7) is 3.34. The fourth-order valence-corrected chi connectivity index (χ4v) is 3.60. The van der Waals surface area contributed by atoms with Gasteiger partial charge in [0.05, 0.1) is 19.0 Å². The number of hydrogen-bond donors (Lipinski definition) is 3. The van der Waals surface area contributed by atoms with Gasteiger partial charge in [0.25, 0.3) is 0 Å². The molecule has 2 aromatic rings. The molecule has 0 fully saturated rings. The number of sulfonamides is 1. The third-order valence-corrected chi connectivity index (χ3v) is 5.52. The van der Waals surface area contributed by atoms with Crippen LogP contribution in [0.5, 0.6) is 0 Å². The molecule has 3 N–H and O–H groups in total. The lowest BCUT2D eigenvalue weighted by Crippen LogP contribution is -3.04. The minimum atomic E-state index is -3.59. The highest BCUT2D eigenvalue weighted by molar-refractivity contribution is 7.89. The Bertz CT molecular complexity index is 845. The Morgan fingerprint density at radius 1 is 0.963 bits per heavy atom. The molecule has 7 heteroatoms. The van der Waals surface area contributed by atoms with E-state index in [4.69, 9.17) is 0 Å². The molecule has 0 unspecified atom stereocenters. The number of hydrogen-bond acceptors (Lipinski definition) is 3. The van der Waals surface area contributed by atoms with Crippen molar-refractivity contribution >= 4 is 15.9 Å². The van der Waals surface area contributed by atoms with E-state index in [1.54, 1.807) is 24.3 Å². The summed E-state index contributed by atoms with van der Waals surface area (Å²) in [6.07, 6.45) is 0.0904. The van der Waals surface area contributed by atoms with E-state index in [9.17, 15) is 13.2 Å². The molecule has 0 aliphatic rings. The fourth-order valence-electron chi connectivity index (χ4n) is 2.57. The Labute approximate surface area is 161 Å². The summed E-state index contributed by atoms with van der Waals surface area (Å²) in [5.41, 5.74) is 3.25. The monoisotopic (exact) mass is 390 g/mol. The quantitative estimate of drug-likeness (QED) is 0.587. The molecule has 0 aliphatic heterocycles. The van der Waals surface area contributed by atoms with E-state index < -0.39 is 10.0 Å². The summed E-state index contributed by atoms with van der Waals surface area (Å²) in [4.78, 5) is 13.5. The van der Waals surface area contributed by atoms with Crippen molar-refractivity contribution in [3.05, 3.63) is 65.2 Å². The first kappa shape index (κ1) is 21.1. The molecule has 0 saturated carbocycles. The van der Waals surface area contributed by atoms with Gasteiger partial charge in [-0.05, 0) is 24.6 Å². The zero-order chi connectivity index (χ0) is 19.9. The van der Waals surface area contributed by atoms with Crippen LogP contribution in [0.1, 0.15) is 23.1 Å². The van der Waals surface area contributed by atoms with E-state index in [1.807, 2.05) is 19.1 Å². The zero-order valence-corrected chi connectivity index (χ0v) is 16.9. The molecule has 2 aromatic carbocycles. The molecule has 0 spiro atoms. The van der Waals surface area contributed by atoms with E-state index in [0.29, 0.717) is 6.54 Å². The maximum absolute atomic E-state index is 12.2. The Balaban J connectivity index is 1.75. The fraction of sp³-hybridized carbons (Fsp3) is 0.350. The second kappa shape index (κ2) is 9.64. The van der Waals surface area contributed by atoms with Gasteiger partial charge in [-0.2, -0.15) is 0 Å².